The van der Waals surface area contributed by atoms with Crippen molar-refractivity contribution in [1.82, 2.24) is 15.5 Å². The van der Waals surface area contributed by atoms with Crippen LogP contribution >= 0.6 is 0 Å². The van der Waals surface area contributed by atoms with E-state index in [1.807, 2.05) is 4.90 Å². The molecule has 0 aromatic heterocycles. The average molecular weight is 318 g/mol. The van der Waals surface area contributed by atoms with Gasteiger partial charge in [-0.05, 0) is 38.0 Å². The fourth-order valence-corrected chi connectivity index (χ4v) is 2.43. The maximum atomic E-state index is 12.3. The number of rotatable bonds is 5. The topological polar surface area (TPSA) is 90.5 Å². The van der Waals surface area contributed by atoms with E-state index < -0.39 is 6.03 Å². The first-order valence-corrected chi connectivity index (χ1v) is 7.81. The highest BCUT2D eigenvalue weighted by atomic mass is 16.2. The second-order valence-corrected chi connectivity index (χ2v) is 5.34. The molecule has 0 spiro atoms. The average Bonchev–Trinajstić information content (AvgIpc) is 3.07. The summed E-state index contributed by atoms with van der Waals surface area (Å²) in [6, 6.07) is 6.32. The smallest absolute Gasteiger partial charge is 0.319 e. The molecule has 23 heavy (non-hydrogen) atoms. The number of likely N-dealkylation sites (tertiary alicyclic amines) is 1. The third-order valence-corrected chi connectivity index (χ3v) is 3.54. The molecule has 3 N–H and O–H groups in total. The summed E-state index contributed by atoms with van der Waals surface area (Å²) in [5.74, 6) is -0.269. The van der Waals surface area contributed by atoms with Crippen LogP contribution in [0.2, 0.25) is 0 Å². The van der Waals surface area contributed by atoms with Crippen LogP contribution in [0.4, 0.5) is 10.5 Å². The molecule has 7 heteroatoms. The molecule has 2 rings (SSSR count). The summed E-state index contributed by atoms with van der Waals surface area (Å²) in [6.45, 7) is 3.79. The Balaban J connectivity index is 1.90. The predicted octanol–water partition coefficient (Wildman–Crippen LogP) is 1.18. The third kappa shape index (κ3) is 4.98. The maximum absolute atomic E-state index is 12.3. The van der Waals surface area contributed by atoms with Gasteiger partial charge in [0.25, 0.3) is 5.91 Å². The van der Waals surface area contributed by atoms with Crippen LogP contribution in [0, 0.1) is 0 Å². The molecule has 0 unspecified atom stereocenters. The molecule has 124 valence electrons. The lowest BCUT2D eigenvalue weighted by Gasteiger charge is -2.16. The second kappa shape index (κ2) is 8.17. The lowest BCUT2D eigenvalue weighted by Crippen LogP contribution is -2.38. The Kier molecular flexibility index (Phi) is 5.96. The summed E-state index contributed by atoms with van der Waals surface area (Å²) >= 11 is 0. The number of urea groups is 1. The van der Waals surface area contributed by atoms with Gasteiger partial charge in [0.05, 0.1) is 6.54 Å². The Morgan fingerprint density at radius 3 is 2.57 bits per heavy atom. The molecule has 1 saturated heterocycles. The van der Waals surface area contributed by atoms with Gasteiger partial charge in [-0.15, -0.1) is 0 Å². The van der Waals surface area contributed by atoms with Crippen molar-refractivity contribution in [2.75, 3.05) is 31.5 Å². The van der Waals surface area contributed by atoms with Gasteiger partial charge < -0.3 is 20.9 Å². The molecule has 4 amide bonds. The Morgan fingerprint density at radius 1 is 1.13 bits per heavy atom. The van der Waals surface area contributed by atoms with Crippen molar-refractivity contribution in [3.63, 3.8) is 0 Å². The zero-order chi connectivity index (χ0) is 16.7. The Bertz CT molecular complexity index is 582. The summed E-state index contributed by atoms with van der Waals surface area (Å²) in [5.41, 5.74) is 1.07. The molecular weight excluding hydrogens is 296 g/mol. The van der Waals surface area contributed by atoms with Gasteiger partial charge in [-0.2, -0.15) is 0 Å². The fraction of sp³-hybridized carbons (Fsp3) is 0.438. The molecule has 7 nitrogen and oxygen atoms in total. The Labute approximate surface area is 135 Å². The number of carbonyl (C=O) groups is 3. The van der Waals surface area contributed by atoms with Crippen molar-refractivity contribution >= 4 is 23.5 Å². The highest BCUT2D eigenvalue weighted by Gasteiger charge is 2.19. The van der Waals surface area contributed by atoms with Crippen molar-refractivity contribution in [1.29, 1.82) is 0 Å². The molecule has 1 aliphatic rings. The Hall–Kier alpha value is -2.57. The van der Waals surface area contributed by atoms with Crippen LogP contribution in [0.1, 0.15) is 30.1 Å². The van der Waals surface area contributed by atoms with E-state index in [0.29, 0.717) is 17.8 Å². The van der Waals surface area contributed by atoms with Crippen molar-refractivity contribution < 1.29 is 14.4 Å². The first-order chi connectivity index (χ1) is 11.1. The zero-order valence-electron chi connectivity index (χ0n) is 13.2. The zero-order valence-corrected chi connectivity index (χ0v) is 13.2. The normalized spacial score (nSPS) is 13.5. The molecule has 1 fully saturated rings. The SMILES string of the molecule is CCNC(=O)CNC(=O)Nc1cccc(C(=O)N2CCCC2)c1. The van der Waals surface area contributed by atoms with Gasteiger partial charge >= 0.3 is 6.03 Å². The molecule has 1 aliphatic heterocycles. The largest absolute Gasteiger partial charge is 0.355 e. The number of hydrogen-bond donors (Lipinski definition) is 3. The predicted molar refractivity (Wildman–Crippen MR) is 87.3 cm³/mol. The summed E-state index contributed by atoms with van der Waals surface area (Å²) in [4.78, 5) is 37.2. The minimum Gasteiger partial charge on any atom is -0.355 e. The second-order valence-electron chi connectivity index (χ2n) is 5.34. The van der Waals surface area contributed by atoms with Crippen LogP contribution in [0.5, 0.6) is 0 Å². The van der Waals surface area contributed by atoms with E-state index in [1.54, 1.807) is 31.2 Å². The van der Waals surface area contributed by atoms with Gasteiger partial charge in [-0.25, -0.2) is 4.79 Å². The molecule has 0 radical (unpaired) electrons. The van der Waals surface area contributed by atoms with Gasteiger partial charge in [0.1, 0.15) is 0 Å². The summed E-state index contributed by atoms with van der Waals surface area (Å²) in [7, 11) is 0. The highest BCUT2D eigenvalue weighted by Crippen LogP contribution is 2.16. The van der Waals surface area contributed by atoms with Crippen LogP contribution in [0.15, 0.2) is 24.3 Å². The summed E-state index contributed by atoms with van der Waals surface area (Å²) in [6.07, 6.45) is 2.07. The van der Waals surface area contributed by atoms with Gasteiger partial charge in [0.2, 0.25) is 5.91 Å². The molecule has 0 aliphatic carbocycles. The highest BCUT2D eigenvalue weighted by molar-refractivity contribution is 5.97. The quantitative estimate of drug-likeness (QED) is 0.761. The van der Waals surface area contributed by atoms with Crippen molar-refractivity contribution in [3.8, 4) is 0 Å². The van der Waals surface area contributed by atoms with Gasteiger partial charge in [-0.1, -0.05) is 6.07 Å². The van der Waals surface area contributed by atoms with Crippen LogP contribution in [-0.2, 0) is 4.79 Å². The van der Waals surface area contributed by atoms with Crippen LogP contribution < -0.4 is 16.0 Å². The standard InChI is InChI=1S/C16H22N4O3/c1-2-17-14(21)11-18-16(23)19-13-7-5-6-12(10-13)15(22)20-8-3-4-9-20/h5-7,10H,2-4,8-9,11H2,1H3,(H,17,21)(H2,18,19,23). The van der Waals surface area contributed by atoms with E-state index in [1.165, 1.54) is 0 Å². The number of likely N-dealkylation sites (N-methyl/N-ethyl adjacent to an activating group) is 1. The molecule has 1 heterocycles. The van der Waals surface area contributed by atoms with Gasteiger partial charge in [0.15, 0.2) is 0 Å². The first kappa shape index (κ1) is 16.8. The minimum absolute atomic E-state index is 0.0196. The minimum atomic E-state index is -0.484. The molecule has 0 bridgehead atoms. The maximum Gasteiger partial charge on any atom is 0.319 e. The van der Waals surface area contributed by atoms with Crippen molar-refractivity contribution in [2.45, 2.75) is 19.8 Å². The molecule has 1 aromatic carbocycles. The van der Waals surface area contributed by atoms with Crippen LogP contribution in [-0.4, -0.2) is 48.9 Å². The molecular formula is C16H22N4O3. The number of amides is 4. The lowest BCUT2D eigenvalue weighted by molar-refractivity contribution is -0.119. The monoisotopic (exact) mass is 318 g/mol. The van der Waals surface area contributed by atoms with E-state index in [-0.39, 0.29) is 18.4 Å². The number of hydrogen-bond acceptors (Lipinski definition) is 3. The number of anilines is 1. The van der Waals surface area contributed by atoms with Gasteiger partial charge in [-0.3, -0.25) is 9.59 Å². The Morgan fingerprint density at radius 2 is 1.87 bits per heavy atom. The third-order valence-electron chi connectivity index (χ3n) is 3.54. The summed E-state index contributed by atoms with van der Waals surface area (Å²) < 4.78 is 0. The first-order valence-electron chi connectivity index (χ1n) is 7.81. The number of nitrogens with zero attached hydrogens (tertiary/aromatic N) is 1. The van der Waals surface area contributed by atoms with E-state index in [0.717, 1.165) is 25.9 Å². The van der Waals surface area contributed by atoms with E-state index in [2.05, 4.69) is 16.0 Å². The lowest BCUT2D eigenvalue weighted by atomic mass is 10.2. The number of benzene rings is 1. The van der Waals surface area contributed by atoms with Crippen LogP contribution in [0.3, 0.4) is 0 Å². The number of nitrogens with one attached hydrogen (secondary N) is 3. The van der Waals surface area contributed by atoms with Crippen molar-refractivity contribution in [3.05, 3.63) is 29.8 Å². The van der Waals surface area contributed by atoms with Gasteiger partial charge in [0, 0.05) is 30.9 Å². The van der Waals surface area contributed by atoms with Crippen LogP contribution in [0.25, 0.3) is 0 Å². The molecule has 0 saturated carbocycles. The van der Waals surface area contributed by atoms with Crippen molar-refractivity contribution in [2.24, 2.45) is 0 Å². The molecule has 0 atom stereocenters. The molecule has 1 aromatic rings. The van der Waals surface area contributed by atoms with E-state index >= 15 is 0 Å². The van der Waals surface area contributed by atoms with E-state index in [4.69, 9.17) is 0 Å². The summed E-state index contributed by atoms with van der Waals surface area (Å²) in [5, 5.41) is 7.67. The van der Waals surface area contributed by atoms with E-state index in [9.17, 15) is 14.4 Å². The fourth-order valence-electron chi connectivity index (χ4n) is 2.43. The number of carbonyl (C=O) groups excluding carboxylic acids is 3.